The lowest BCUT2D eigenvalue weighted by Gasteiger charge is -2.23. The molecule has 1 aliphatic rings. The third-order valence-corrected chi connectivity index (χ3v) is 9.68. The number of thiol groups is 1. The molecule has 0 radical (unpaired) electrons. The first-order chi connectivity index (χ1) is 16.7. The molecule has 0 heterocycles. The molecule has 1 aliphatic carbocycles. The van der Waals surface area contributed by atoms with Crippen LogP contribution in [0.1, 0.15) is 109 Å². The van der Waals surface area contributed by atoms with E-state index in [0.29, 0.717) is 17.3 Å². The molecule has 0 bridgehead atoms. The maximum Gasteiger partial charge on any atom is 0.133 e. The minimum atomic E-state index is 0.0912. The van der Waals surface area contributed by atoms with Gasteiger partial charge in [-0.15, -0.1) is 0 Å². The van der Waals surface area contributed by atoms with Gasteiger partial charge in [0.2, 0.25) is 0 Å². The molecule has 2 aromatic carbocycles. The van der Waals surface area contributed by atoms with Gasteiger partial charge in [0, 0.05) is 27.9 Å². The quantitative estimate of drug-likeness (QED) is 0.286. The zero-order valence-corrected chi connectivity index (χ0v) is 27.6. The van der Waals surface area contributed by atoms with Crippen LogP contribution in [-0.2, 0) is 22.3 Å². The Kier molecular flexibility index (Phi) is 12.6. The summed E-state index contributed by atoms with van der Waals surface area (Å²) in [4.78, 5) is 0. The smallest absolute Gasteiger partial charge is 0.133 e. The second-order valence-corrected chi connectivity index (χ2v) is 15.2. The number of rotatable bonds is 4. The van der Waals surface area contributed by atoms with E-state index in [-0.39, 0.29) is 10.8 Å². The predicted molar refractivity (Wildman–Crippen MR) is 169 cm³/mol. The molecule has 6 heteroatoms. The van der Waals surface area contributed by atoms with Gasteiger partial charge in [0.05, 0.1) is 8.95 Å². The third-order valence-electron chi connectivity index (χ3n) is 6.71. The van der Waals surface area contributed by atoms with Gasteiger partial charge in [-0.05, 0) is 78.8 Å². The van der Waals surface area contributed by atoms with Crippen LogP contribution in [0, 0.1) is 0 Å². The third kappa shape index (κ3) is 9.78. The van der Waals surface area contributed by atoms with Crippen molar-refractivity contribution in [3.63, 3.8) is 0 Å². The fraction of sp³-hybridized carbons (Fsp3) is 0.600. The maximum atomic E-state index is 10.4. The Morgan fingerprint density at radius 2 is 1.17 bits per heavy atom. The Morgan fingerprint density at radius 3 is 1.61 bits per heavy atom. The summed E-state index contributed by atoms with van der Waals surface area (Å²) < 4.78 is 1.57. The minimum absolute atomic E-state index is 0.0912. The molecule has 0 saturated heterocycles. The van der Waals surface area contributed by atoms with E-state index in [9.17, 15) is 10.2 Å². The molecule has 0 aromatic heterocycles. The first kappa shape index (κ1) is 31.9. The van der Waals surface area contributed by atoms with Gasteiger partial charge < -0.3 is 10.2 Å². The van der Waals surface area contributed by atoms with Gasteiger partial charge in [0.15, 0.2) is 0 Å². The first-order valence-corrected chi connectivity index (χ1v) is 16.3. The van der Waals surface area contributed by atoms with Crippen molar-refractivity contribution in [2.45, 2.75) is 114 Å². The molecule has 0 amide bonds. The van der Waals surface area contributed by atoms with E-state index in [1.807, 2.05) is 23.9 Å². The highest BCUT2D eigenvalue weighted by Gasteiger charge is 2.20. The summed E-state index contributed by atoms with van der Waals surface area (Å²) in [5, 5.41) is 20.8. The molecule has 0 unspecified atom stereocenters. The van der Waals surface area contributed by atoms with Crippen molar-refractivity contribution in [2.75, 3.05) is 0 Å². The number of phenolic OH excluding ortho intramolecular Hbond substituents is 2. The van der Waals surface area contributed by atoms with Gasteiger partial charge in [0.25, 0.3) is 0 Å². The summed E-state index contributed by atoms with van der Waals surface area (Å²) in [6, 6.07) is 8.21. The van der Waals surface area contributed by atoms with Crippen LogP contribution in [0.3, 0.4) is 0 Å². The molecule has 2 aromatic rings. The van der Waals surface area contributed by atoms with Crippen molar-refractivity contribution in [2.24, 2.45) is 0 Å². The van der Waals surface area contributed by atoms with Crippen LogP contribution >= 0.6 is 56.3 Å². The van der Waals surface area contributed by atoms with Crippen molar-refractivity contribution in [3.8, 4) is 11.5 Å². The van der Waals surface area contributed by atoms with Crippen molar-refractivity contribution in [1.29, 1.82) is 0 Å². The second-order valence-electron chi connectivity index (χ2n) is 11.9. The minimum Gasteiger partial charge on any atom is -0.506 e. The number of hydrogen-bond donors (Lipinski definition) is 3. The van der Waals surface area contributed by atoms with Crippen molar-refractivity contribution < 1.29 is 10.2 Å². The summed E-state index contributed by atoms with van der Waals surface area (Å²) in [7, 11) is 0. The summed E-state index contributed by atoms with van der Waals surface area (Å²) in [5.74, 6) is 2.19. The molecule has 3 rings (SSSR count). The molecule has 1 fully saturated rings. The van der Waals surface area contributed by atoms with Crippen LogP contribution in [0.4, 0.5) is 0 Å². The Morgan fingerprint density at radius 1 is 0.750 bits per heavy atom. The largest absolute Gasteiger partial charge is 0.506 e. The van der Waals surface area contributed by atoms with Gasteiger partial charge in [-0.2, -0.15) is 24.4 Å². The average Bonchev–Trinajstić information content (AvgIpc) is 2.76. The number of hydrogen-bond acceptors (Lipinski definition) is 4. The summed E-state index contributed by atoms with van der Waals surface area (Å²) in [5.41, 5.74) is 4.62. The normalized spacial score (nSPS) is 15.6. The number of benzene rings is 2. The van der Waals surface area contributed by atoms with Gasteiger partial charge in [-0.25, -0.2) is 0 Å². The molecule has 0 aliphatic heterocycles. The van der Waals surface area contributed by atoms with Gasteiger partial charge >= 0.3 is 0 Å². The number of aromatic hydroxyl groups is 2. The van der Waals surface area contributed by atoms with E-state index in [1.165, 1.54) is 56.1 Å². The van der Waals surface area contributed by atoms with E-state index in [1.54, 1.807) is 0 Å². The van der Waals surface area contributed by atoms with Crippen LogP contribution in [-0.4, -0.2) is 15.5 Å². The Labute approximate surface area is 246 Å². The Hall–Kier alpha value is -0.300. The Balaban J connectivity index is 0.000000281. The molecular weight excluding hydrogens is 616 g/mol. The molecule has 36 heavy (non-hydrogen) atoms. The monoisotopic (exact) mass is 658 g/mol. The lowest BCUT2D eigenvalue weighted by atomic mass is 9.86. The SMILES string of the molecule is CC(C)(C)c1cc(Br)c(O)c(CS)c1.CC(C)(C)c1cc(Br)c(O)c(CSC2CCCCCCC2)c1. The lowest BCUT2D eigenvalue weighted by Crippen LogP contribution is -2.12. The fourth-order valence-corrected chi connectivity index (χ4v) is 6.75. The van der Waals surface area contributed by atoms with E-state index in [2.05, 4.69) is 98.2 Å². The lowest BCUT2D eigenvalue weighted by molar-refractivity contribution is 0.465. The second kappa shape index (κ2) is 14.2. The highest BCUT2D eigenvalue weighted by Crippen LogP contribution is 2.38. The zero-order chi connectivity index (χ0) is 27.1. The van der Waals surface area contributed by atoms with Crippen LogP contribution in [0.15, 0.2) is 33.2 Å². The molecular formula is C30H44Br2O2S2. The van der Waals surface area contributed by atoms with Gasteiger partial charge in [-0.1, -0.05) is 85.8 Å². The van der Waals surface area contributed by atoms with Crippen LogP contribution in [0.5, 0.6) is 11.5 Å². The van der Waals surface area contributed by atoms with E-state index >= 15 is 0 Å². The topological polar surface area (TPSA) is 40.5 Å². The summed E-state index contributed by atoms with van der Waals surface area (Å²) in [6.07, 6.45) is 9.63. The number of thioether (sulfide) groups is 1. The van der Waals surface area contributed by atoms with E-state index in [4.69, 9.17) is 0 Å². The van der Waals surface area contributed by atoms with Gasteiger partial charge in [0.1, 0.15) is 11.5 Å². The Bertz CT molecular complexity index is 986. The molecule has 0 spiro atoms. The van der Waals surface area contributed by atoms with Crippen molar-refractivity contribution in [1.82, 2.24) is 0 Å². The van der Waals surface area contributed by atoms with Crippen LogP contribution in [0.2, 0.25) is 0 Å². The van der Waals surface area contributed by atoms with E-state index < -0.39 is 0 Å². The zero-order valence-electron chi connectivity index (χ0n) is 22.8. The van der Waals surface area contributed by atoms with E-state index in [0.717, 1.165) is 31.1 Å². The van der Waals surface area contributed by atoms with Crippen molar-refractivity contribution >= 4 is 56.3 Å². The molecule has 202 valence electrons. The number of phenols is 2. The van der Waals surface area contributed by atoms with Crippen molar-refractivity contribution in [3.05, 3.63) is 55.5 Å². The van der Waals surface area contributed by atoms with Crippen LogP contribution < -0.4 is 0 Å². The summed E-state index contributed by atoms with van der Waals surface area (Å²) >= 11 is 13.1. The highest BCUT2D eigenvalue weighted by molar-refractivity contribution is 9.10. The first-order valence-electron chi connectivity index (χ1n) is 13.0. The maximum absolute atomic E-state index is 10.4. The van der Waals surface area contributed by atoms with Gasteiger partial charge in [-0.3, -0.25) is 0 Å². The molecule has 2 nitrogen and oxygen atoms in total. The predicted octanol–water partition coefficient (Wildman–Crippen LogP) is 10.7. The number of halogens is 2. The summed E-state index contributed by atoms with van der Waals surface area (Å²) in [6.45, 7) is 13.1. The molecule has 2 N–H and O–H groups in total. The fourth-order valence-electron chi connectivity index (χ4n) is 4.20. The average molecular weight is 661 g/mol. The van der Waals surface area contributed by atoms with Crippen LogP contribution in [0.25, 0.3) is 0 Å². The molecule has 1 saturated carbocycles. The highest BCUT2D eigenvalue weighted by atomic mass is 79.9. The standard InChI is InChI=1S/C19H29BrOS.C11H15BrOS/c1-19(2,3)15-11-14(18(21)17(20)12-15)13-22-16-9-7-5-4-6-8-10-16;1-11(2,3)8-4-7(6-14)10(13)9(12)5-8/h11-12,16,21H,4-10,13H2,1-3H3;4-5,13-14H,6H2,1-3H3. The molecule has 0 atom stereocenters.